The van der Waals surface area contributed by atoms with Crippen LogP contribution < -0.4 is 5.32 Å². The molecule has 0 aliphatic carbocycles. The van der Waals surface area contributed by atoms with Crippen molar-refractivity contribution in [1.29, 1.82) is 0 Å². The van der Waals surface area contributed by atoms with Crippen LogP contribution >= 0.6 is 0 Å². The van der Waals surface area contributed by atoms with E-state index in [1.165, 1.54) is 11.6 Å². The standard InChI is InChI=1S/C14H15N3O2/c1-11-10-13(17(18)19)2-3-14(11)16-9-6-12-4-7-15-8-5-12/h2-5,7-8,10,16H,6,9H2,1H3. The van der Waals surface area contributed by atoms with Crippen molar-refractivity contribution in [2.45, 2.75) is 13.3 Å². The molecule has 0 bridgehead atoms. The molecule has 0 aliphatic heterocycles. The highest BCUT2D eigenvalue weighted by molar-refractivity contribution is 5.55. The maximum atomic E-state index is 10.6. The lowest BCUT2D eigenvalue weighted by Crippen LogP contribution is -2.06. The van der Waals surface area contributed by atoms with E-state index in [-0.39, 0.29) is 10.6 Å². The fourth-order valence-electron chi connectivity index (χ4n) is 1.85. The Morgan fingerprint density at radius 3 is 2.63 bits per heavy atom. The molecule has 98 valence electrons. The number of aryl methyl sites for hydroxylation is 1. The minimum Gasteiger partial charge on any atom is -0.384 e. The lowest BCUT2D eigenvalue weighted by Gasteiger charge is -2.09. The molecule has 2 rings (SSSR count). The third-order valence-corrected chi connectivity index (χ3v) is 2.90. The third-order valence-electron chi connectivity index (χ3n) is 2.90. The Kier molecular flexibility index (Phi) is 4.07. The fourth-order valence-corrected chi connectivity index (χ4v) is 1.85. The number of pyridine rings is 1. The highest BCUT2D eigenvalue weighted by Crippen LogP contribution is 2.21. The molecule has 0 unspecified atom stereocenters. The van der Waals surface area contributed by atoms with Gasteiger partial charge < -0.3 is 5.32 Å². The van der Waals surface area contributed by atoms with E-state index in [9.17, 15) is 10.1 Å². The molecule has 0 radical (unpaired) electrons. The Balaban J connectivity index is 1.95. The first-order valence-electron chi connectivity index (χ1n) is 6.04. The largest absolute Gasteiger partial charge is 0.384 e. The number of nitro benzene ring substituents is 1. The number of nitrogens with zero attached hydrogens (tertiary/aromatic N) is 2. The molecule has 1 aromatic carbocycles. The molecule has 1 N–H and O–H groups in total. The summed E-state index contributed by atoms with van der Waals surface area (Å²) in [6, 6.07) is 8.80. The van der Waals surface area contributed by atoms with Gasteiger partial charge in [-0.2, -0.15) is 0 Å². The SMILES string of the molecule is Cc1cc([N+](=O)[O-])ccc1NCCc1ccncc1. The van der Waals surface area contributed by atoms with Crippen LogP contribution in [0, 0.1) is 17.0 Å². The maximum Gasteiger partial charge on any atom is 0.269 e. The predicted molar refractivity (Wildman–Crippen MR) is 74.3 cm³/mol. The number of aromatic nitrogens is 1. The smallest absolute Gasteiger partial charge is 0.269 e. The van der Waals surface area contributed by atoms with Crippen LogP contribution in [0.3, 0.4) is 0 Å². The molecule has 2 aromatic rings. The minimum atomic E-state index is -0.381. The molecule has 0 saturated heterocycles. The van der Waals surface area contributed by atoms with Crippen molar-refractivity contribution in [3.05, 3.63) is 64.0 Å². The summed E-state index contributed by atoms with van der Waals surface area (Å²) in [5.74, 6) is 0. The average molecular weight is 257 g/mol. The summed E-state index contributed by atoms with van der Waals surface area (Å²) >= 11 is 0. The Hall–Kier alpha value is -2.43. The molecule has 1 aromatic heterocycles. The van der Waals surface area contributed by atoms with Crippen molar-refractivity contribution in [3.8, 4) is 0 Å². The van der Waals surface area contributed by atoms with Gasteiger partial charge in [0.25, 0.3) is 5.69 Å². The Labute approximate surface area is 111 Å². The molecule has 5 nitrogen and oxygen atoms in total. The third kappa shape index (κ3) is 3.51. The zero-order valence-electron chi connectivity index (χ0n) is 10.7. The predicted octanol–water partition coefficient (Wildman–Crippen LogP) is 2.95. The lowest BCUT2D eigenvalue weighted by atomic mass is 10.1. The molecule has 0 spiro atoms. The van der Waals surface area contributed by atoms with E-state index in [4.69, 9.17) is 0 Å². The molecule has 0 fully saturated rings. The summed E-state index contributed by atoms with van der Waals surface area (Å²) in [5, 5.41) is 13.9. The average Bonchev–Trinajstić information content (AvgIpc) is 2.41. The van der Waals surface area contributed by atoms with Gasteiger partial charge >= 0.3 is 0 Å². The molecule has 5 heteroatoms. The van der Waals surface area contributed by atoms with Gasteiger partial charge in [0.05, 0.1) is 4.92 Å². The Morgan fingerprint density at radius 2 is 2.00 bits per heavy atom. The second-order valence-corrected chi connectivity index (χ2v) is 4.29. The number of benzene rings is 1. The number of nitro groups is 1. The summed E-state index contributed by atoms with van der Waals surface area (Å²) in [5.41, 5.74) is 3.14. The molecule has 0 saturated carbocycles. The second-order valence-electron chi connectivity index (χ2n) is 4.29. The summed E-state index contributed by atoms with van der Waals surface area (Å²) in [7, 11) is 0. The number of rotatable bonds is 5. The van der Waals surface area contributed by atoms with Crippen LogP contribution in [0.2, 0.25) is 0 Å². The molecule has 0 atom stereocenters. The van der Waals surface area contributed by atoms with E-state index < -0.39 is 0 Å². The van der Waals surface area contributed by atoms with E-state index in [1.54, 1.807) is 24.5 Å². The first-order valence-corrected chi connectivity index (χ1v) is 6.04. The number of non-ortho nitro benzene ring substituents is 1. The van der Waals surface area contributed by atoms with E-state index in [0.717, 1.165) is 24.2 Å². The number of hydrogen-bond acceptors (Lipinski definition) is 4. The van der Waals surface area contributed by atoms with Gasteiger partial charge in [-0.3, -0.25) is 15.1 Å². The highest BCUT2D eigenvalue weighted by Gasteiger charge is 2.07. The van der Waals surface area contributed by atoms with E-state index in [2.05, 4.69) is 10.3 Å². The zero-order chi connectivity index (χ0) is 13.7. The van der Waals surface area contributed by atoms with Gasteiger partial charge in [0, 0.05) is 36.8 Å². The van der Waals surface area contributed by atoms with Gasteiger partial charge in [-0.1, -0.05) is 0 Å². The second kappa shape index (κ2) is 5.95. The van der Waals surface area contributed by atoms with Gasteiger partial charge in [0.2, 0.25) is 0 Å². The molecular weight excluding hydrogens is 242 g/mol. The van der Waals surface area contributed by atoms with E-state index in [1.807, 2.05) is 19.1 Å². The van der Waals surface area contributed by atoms with Crippen LogP contribution in [0.4, 0.5) is 11.4 Å². The van der Waals surface area contributed by atoms with E-state index >= 15 is 0 Å². The molecular formula is C14H15N3O2. The minimum absolute atomic E-state index is 0.122. The summed E-state index contributed by atoms with van der Waals surface area (Å²) in [4.78, 5) is 14.2. The monoisotopic (exact) mass is 257 g/mol. The van der Waals surface area contributed by atoms with Crippen LogP contribution in [-0.2, 0) is 6.42 Å². The summed E-state index contributed by atoms with van der Waals surface area (Å²) in [6.45, 7) is 2.64. The normalized spacial score (nSPS) is 10.2. The van der Waals surface area contributed by atoms with Gasteiger partial charge in [-0.15, -0.1) is 0 Å². The van der Waals surface area contributed by atoms with Gasteiger partial charge in [0.15, 0.2) is 0 Å². The molecule has 0 amide bonds. The van der Waals surface area contributed by atoms with Gasteiger partial charge in [-0.05, 0) is 42.7 Å². The number of anilines is 1. The number of nitrogens with one attached hydrogen (secondary N) is 1. The molecule has 19 heavy (non-hydrogen) atoms. The van der Waals surface area contributed by atoms with Crippen molar-refractivity contribution in [1.82, 2.24) is 4.98 Å². The lowest BCUT2D eigenvalue weighted by molar-refractivity contribution is -0.384. The van der Waals surface area contributed by atoms with Crippen LogP contribution in [0.5, 0.6) is 0 Å². The van der Waals surface area contributed by atoms with Crippen LogP contribution in [0.1, 0.15) is 11.1 Å². The maximum absolute atomic E-state index is 10.6. The molecule has 0 aliphatic rings. The fraction of sp³-hybridized carbons (Fsp3) is 0.214. The first kappa shape index (κ1) is 13.0. The number of hydrogen-bond donors (Lipinski definition) is 1. The van der Waals surface area contributed by atoms with Crippen molar-refractivity contribution in [2.75, 3.05) is 11.9 Å². The van der Waals surface area contributed by atoms with Gasteiger partial charge in [-0.25, -0.2) is 0 Å². The first-order chi connectivity index (χ1) is 9.16. The molecule has 1 heterocycles. The Morgan fingerprint density at radius 1 is 1.26 bits per heavy atom. The van der Waals surface area contributed by atoms with Crippen molar-refractivity contribution < 1.29 is 4.92 Å². The summed E-state index contributed by atoms with van der Waals surface area (Å²) in [6.07, 6.45) is 4.43. The Bertz CT molecular complexity index is 570. The highest BCUT2D eigenvalue weighted by atomic mass is 16.6. The van der Waals surface area contributed by atoms with Crippen molar-refractivity contribution in [3.63, 3.8) is 0 Å². The van der Waals surface area contributed by atoms with Crippen molar-refractivity contribution in [2.24, 2.45) is 0 Å². The topological polar surface area (TPSA) is 68.1 Å². The van der Waals surface area contributed by atoms with Crippen LogP contribution in [0.25, 0.3) is 0 Å². The summed E-state index contributed by atoms with van der Waals surface area (Å²) < 4.78 is 0. The van der Waals surface area contributed by atoms with Crippen LogP contribution in [-0.4, -0.2) is 16.5 Å². The van der Waals surface area contributed by atoms with Crippen LogP contribution in [0.15, 0.2) is 42.7 Å². The quantitative estimate of drug-likeness (QED) is 0.660. The van der Waals surface area contributed by atoms with Crippen molar-refractivity contribution >= 4 is 11.4 Å². The zero-order valence-corrected chi connectivity index (χ0v) is 10.7. The van der Waals surface area contributed by atoms with E-state index in [0.29, 0.717) is 0 Å². The van der Waals surface area contributed by atoms with Gasteiger partial charge in [0.1, 0.15) is 0 Å².